The van der Waals surface area contributed by atoms with Gasteiger partial charge in [-0.05, 0) is 56.2 Å². The summed E-state index contributed by atoms with van der Waals surface area (Å²) in [7, 11) is -2.45. The van der Waals surface area contributed by atoms with Crippen LogP contribution in [0.15, 0.2) is 53.6 Å². The quantitative estimate of drug-likeness (QED) is 0.478. The van der Waals surface area contributed by atoms with Gasteiger partial charge < -0.3 is 19.3 Å². The molecule has 0 fully saturated rings. The Morgan fingerprint density at radius 1 is 1.06 bits per heavy atom. The van der Waals surface area contributed by atoms with E-state index in [-0.39, 0.29) is 22.2 Å². The fourth-order valence-corrected chi connectivity index (χ4v) is 4.42. The summed E-state index contributed by atoms with van der Waals surface area (Å²) in [6.45, 7) is 4.63. The lowest BCUT2D eigenvalue weighted by Crippen LogP contribution is -2.16. The van der Waals surface area contributed by atoms with Gasteiger partial charge in [-0.2, -0.15) is 0 Å². The van der Waals surface area contributed by atoms with Crippen LogP contribution in [0.2, 0.25) is 0 Å². The Labute approximate surface area is 192 Å². The highest BCUT2D eigenvalue weighted by Crippen LogP contribution is 2.33. The van der Waals surface area contributed by atoms with Crippen molar-refractivity contribution in [2.24, 2.45) is 0 Å². The van der Waals surface area contributed by atoms with E-state index < -0.39 is 22.6 Å². The summed E-state index contributed by atoms with van der Waals surface area (Å²) in [5, 5.41) is 8.86. The highest BCUT2D eigenvalue weighted by atomic mass is 32.2. The minimum atomic E-state index is -3.99. The number of ether oxygens (including phenoxy) is 3. The molecule has 0 saturated heterocycles. The van der Waals surface area contributed by atoms with E-state index >= 15 is 0 Å². The Balaban J connectivity index is 1.80. The maximum atomic E-state index is 13.0. The molecule has 2 N–H and O–H groups in total. The number of pyridine rings is 1. The van der Waals surface area contributed by atoms with Gasteiger partial charge in [-0.25, -0.2) is 18.2 Å². The van der Waals surface area contributed by atoms with Crippen molar-refractivity contribution in [3.8, 4) is 23.1 Å². The van der Waals surface area contributed by atoms with E-state index in [0.29, 0.717) is 22.6 Å². The van der Waals surface area contributed by atoms with Gasteiger partial charge in [-0.3, -0.25) is 4.72 Å². The van der Waals surface area contributed by atoms with E-state index in [0.717, 1.165) is 5.56 Å². The third-order valence-electron chi connectivity index (χ3n) is 4.70. The number of nitrogens with zero attached hydrogens (tertiary/aromatic N) is 1. The summed E-state index contributed by atoms with van der Waals surface area (Å²) < 4.78 is 44.7. The zero-order chi connectivity index (χ0) is 24.2. The Hall–Kier alpha value is -3.79. The molecular formula is C23H24N2O7S. The summed E-state index contributed by atoms with van der Waals surface area (Å²) in [6.07, 6.45) is 1.33. The topological polar surface area (TPSA) is 124 Å². The van der Waals surface area contributed by atoms with Gasteiger partial charge in [-0.1, -0.05) is 12.1 Å². The average Bonchev–Trinajstić information content (AvgIpc) is 2.75. The van der Waals surface area contributed by atoms with Crippen molar-refractivity contribution in [1.29, 1.82) is 0 Å². The Morgan fingerprint density at radius 2 is 1.82 bits per heavy atom. The molecule has 33 heavy (non-hydrogen) atoms. The van der Waals surface area contributed by atoms with Crippen LogP contribution in [0.5, 0.6) is 23.1 Å². The molecule has 0 amide bonds. The monoisotopic (exact) mass is 472 g/mol. The fraction of sp³-hybridized carbons (Fsp3) is 0.217. The molecule has 10 heteroatoms. The molecule has 0 spiro atoms. The summed E-state index contributed by atoms with van der Waals surface area (Å²) >= 11 is 0. The van der Waals surface area contributed by atoms with Crippen LogP contribution >= 0.6 is 0 Å². The van der Waals surface area contributed by atoms with Crippen LogP contribution in [-0.2, 0) is 14.8 Å². The number of anilines is 1. The number of carboxylic acid groups (broad SMARTS) is 1. The SMILES string of the molecule is COc1cc(C)ccc1Oc1ccc(NS(=O)(=O)c2ccc(C)c(OCC(=O)O)c2C)cn1. The van der Waals surface area contributed by atoms with Gasteiger partial charge in [0, 0.05) is 11.6 Å². The van der Waals surface area contributed by atoms with Crippen molar-refractivity contribution < 1.29 is 32.5 Å². The maximum Gasteiger partial charge on any atom is 0.341 e. The summed E-state index contributed by atoms with van der Waals surface area (Å²) in [6, 6.07) is 11.5. The second-order valence-electron chi connectivity index (χ2n) is 7.26. The molecule has 3 rings (SSSR count). The third kappa shape index (κ3) is 5.72. The van der Waals surface area contributed by atoms with Gasteiger partial charge in [0.15, 0.2) is 18.1 Å². The number of benzene rings is 2. The number of aromatic nitrogens is 1. The molecule has 0 aliphatic heterocycles. The second-order valence-corrected chi connectivity index (χ2v) is 8.91. The van der Waals surface area contributed by atoms with Crippen molar-refractivity contribution in [3.05, 3.63) is 65.4 Å². The number of carboxylic acids is 1. The summed E-state index contributed by atoms with van der Waals surface area (Å²) in [5.74, 6) is 0.354. The first-order chi connectivity index (χ1) is 15.6. The lowest BCUT2D eigenvalue weighted by molar-refractivity contribution is -0.139. The van der Waals surface area contributed by atoms with Gasteiger partial charge in [-0.15, -0.1) is 0 Å². The highest BCUT2D eigenvalue weighted by Gasteiger charge is 2.21. The molecule has 0 bridgehead atoms. The molecule has 0 unspecified atom stereocenters. The molecule has 2 aromatic carbocycles. The first kappa shape index (κ1) is 23.9. The average molecular weight is 473 g/mol. The van der Waals surface area contributed by atoms with Crippen molar-refractivity contribution in [2.45, 2.75) is 25.7 Å². The number of rotatable bonds is 9. The molecule has 0 saturated carbocycles. The van der Waals surface area contributed by atoms with Crippen LogP contribution in [0.3, 0.4) is 0 Å². The standard InChI is InChI=1S/C23H24N2O7S/c1-14-5-8-18(19(11-14)30-4)32-21-10-7-17(12-24-21)25-33(28,29)20-9-6-15(2)23(16(20)3)31-13-22(26)27/h5-12,25H,13H2,1-4H3,(H,26,27). The smallest absolute Gasteiger partial charge is 0.341 e. The lowest BCUT2D eigenvalue weighted by Gasteiger charge is -2.16. The van der Waals surface area contributed by atoms with Gasteiger partial charge in [0.1, 0.15) is 5.75 Å². The highest BCUT2D eigenvalue weighted by molar-refractivity contribution is 7.92. The second kappa shape index (κ2) is 9.78. The third-order valence-corrected chi connectivity index (χ3v) is 6.23. The number of aliphatic carboxylic acids is 1. The van der Waals surface area contributed by atoms with Crippen molar-refractivity contribution in [3.63, 3.8) is 0 Å². The van der Waals surface area contributed by atoms with Crippen LogP contribution in [-0.4, -0.2) is 38.2 Å². The molecule has 0 aliphatic carbocycles. The predicted octanol–water partition coefficient (Wildman–Crippen LogP) is 4.07. The van der Waals surface area contributed by atoms with Crippen LogP contribution in [0.1, 0.15) is 16.7 Å². The molecule has 174 valence electrons. The number of sulfonamides is 1. The molecule has 0 aliphatic rings. The lowest BCUT2D eigenvalue weighted by atomic mass is 10.1. The normalized spacial score (nSPS) is 11.0. The van der Waals surface area contributed by atoms with Gasteiger partial charge in [0.25, 0.3) is 10.0 Å². The van der Waals surface area contributed by atoms with Crippen molar-refractivity contribution in [1.82, 2.24) is 4.98 Å². The van der Waals surface area contributed by atoms with E-state index in [1.54, 1.807) is 26.0 Å². The fourth-order valence-electron chi connectivity index (χ4n) is 3.14. The number of carbonyl (C=O) groups is 1. The molecular weight excluding hydrogens is 448 g/mol. The van der Waals surface area contributed by atoms with Gasteiger partial charge in [0.2, 0.25) is 5.88 Å². The zero-order valence-corrected chi connectivity index (χ0v) is 19.4. The first-order valence-corrected chi connectivity index (χ1v) is 11.3. The molecule has 3 aromatic rings. The minimum Gasteiger partial charge on any atom is -0.493 e. The molecule has 9 nitrogen and oxygen atoms in total. The molecule has 1 heterocycles. The minimum absolute atomic E-state index is 0.0294. The van der Waals surface area contributed by atoms with Crippen molar-refractivity contribution >= 4 is 21.7 Å². The first-order valence-electron chi connectivity index (χ1n) is 9.87. The molecule has 1 aromatic heterocycles. The number of nitrogens with one attached hydrogen (secondary N) is 1. The van der Waals surface area contributed by atoms with E-state index in [4.69, 9.17) is 19.3 Å². The number of hydrogen-bond acceptors (Lipinski definition) is 7. The van der Waals surface area contributed by atoms with E-state index in [9.17, 15) is 13.2 Å². The van der Waals surface area contributed by atoms with Crippen LogP contribution < -0.4 is 18.9 Å². The van der Waals surface area contributed by atoms with Crippen LogP contribution in [0, 0.1) is 20.8 Å². The van der Waals surface area contributed by atoms with E-state index in [1.165, 1.54) is 31.5 Å². The zero-order valence-electron chi connectivity index (χ0n) is 18.6. The number of methoxy groups -OCH3 is 1. The largest absolute Gasteiger partial charge is 0.493 e. The maximum absolute atomic E-state index is 13.0. The Bertz CT molecular complexity index is 1270. The number of aryl methyl sites for hydroxylation is 2. The van der Waals surface area contributed by atoms with E-state index in [2.05, 4.69) is 9.71 Å². The Kier molecular flexibility index (Phi) is 7.07. The van der Waals surface area contributed by atoms with Crippen LogP contribution in [0.25, 0.3) is 0 Å². The van der Waals surface area contributed by atoms with Gasteiger partial charge >= 0.3 is 5.97 Å². The van der Waals surface area contributed by atoms with Gasteiger partial charge in [0.05, 0.1) is 23.9 Å². The van der Waals surface area contributed by atoms with Crippen LogP contribution in [0.4, 0.5) is 5.69 Å². The number of hydrogen-bond donors (Lipinski definition) is 2. The predicted molar refractivity (Wildman–Crippen MR) is 122 cm³/mol. The summed E-state index contributed by atoms with van der Waals surface area (Å²) in [4.78, 5) is 15.0. The summed E-state index contributed by atoms with van der Waals surface area (Å²) in [5.41, 5.74) is 2.18. The van der Waals surface area contributed by atoms with E-state index in [1.807, 2.05) is 19.1 Å². The molecule has 0 atom stereocenters. The van der Waals surface area contributed by atoms with Crippen molar-refractivity contribution in [2.75, 3.05) is 18.4 Å². The Morgan fingerprint density at radius 3 is 2.45 bits per heavy atom. The molecule has 0 radical (unpaired) electrons.